The van der Waals surface area contributed by atoms with E-state index in [2.05, 4.69) is 53.8 Å². The minimum Gasteiger partial charge on any atom is -0.466 e. The Labute approximate surface area is 145 Å². The summed E-state index contributed by atoms with van der Waals surface area (Å²) in [6.07, 6.45) is 1.67. The molecule has 0 aliphatic carbocycles. The maximum absolute atomic E-state index is 11.8. The molecule has 0 saturated carbocycles. The van der Waals surface area contributed by atoms with Gasteiger partial charge in [-0.2, -0.15) is 0 Å². The number of hydrogen-bond donors (Lipinski definition) is 1. The largest absolute Gasteiger partial charge is 0.466 e. The Kier molecular flexibility index (Phi) is 7.01. The van der Waals surface area contributed by atoms with E-state index in [0.29, 0.717) is 6.61 Å². The molecule has 3 nitrogen and oxygen atoms in total. The number of carbonyl (C=O) groups excluding carboxylic acids is 1. The number of nitrogens with one attached hydrogen (secondary N) is 1. The van der Waals surface area contributed by atoms with Gasteiger partial charge in [0.2, 0.25) is 0 Å². The van der Waals surface area contributed by atoms with Crippen molar-refractivity contribution in [3.63, 3.8) is 0 Å². The highest BCUT2D eigenvalue weighted by Gasteiger charge is 2.19. The number of likely N-dealkylation sites (N-methyl/N-ethyl adjacent to an activating group) is 1. The zero-order valence-electron chi connectivity index (χ0n) is 14.8. The molecule has 2 unspecified atom stereocenters. The standard InChI is InChI=1S/C21H27NO2/c1-4-24-21(23)16(2)14-20(22-3)15-17-10-12-19(13-11-17)18-8-6-5-7-9-18/h5-13,16,20,22H,4,14-15H2,1-3H3. The molecule has 3 heteroatoms. The Morgan fingerprint density at radius 2 is 1.67 bits per heavy atom. The first-order valence-electron chi connectivity index (χ1n) is 8.62. The summed E-state index contributed by atoms with van der Waals surface area (Å²) < 4.78 is 5.10. The van der Waals surface area contributed by atoms with Crippen LogP contribution in [0.5, 0.6) is 0 Å². The molecule has 0 aliphatic heterocycles. The molecule has 0 bridgehead atoms. The zero-order valence-corrected chi connectivity index (χ0v) is 14.8. The van der Waals surface area contributed by atoms with Crippen molar-refractivity contribution in [2.45, 2.75) is 32.7 Å². The lowest BCUT2D eigenvalue weighted by Gasteiger charge is -2.20. The van der Waals surface area contributed by atoms with Crippen LogP contribution < -0.4 is 5.32 Å². The van der Waals surface area contributed by atoms with Crippen molar-refractivity contribution in [1.82, 2.24) is 5.32 Å². The second-order valence-corrected chi connectivity index (χ2v) is 6.14. The number of ether oxygens (including phenoxy) is 1. The summed E-state index contributed by atoms with van der Waals surface area (Å²) in [6.45, 7) is 4.21. The molecule has 0 saturated heterocycles. The topological polar surface area (TPSA) is 38.3 Å². The van der Waals surface area contributed by atoms with Crippen molar-refractivity contribution >= 4 is 5.97 Å². The molecule has 1 N–H and O–H groups in total. The van der Waals surface area contributed by atoms with Crippen LogP contribution in [0.4, 0.5) is 0 Å². The fourth-order valence-corrected chi connectivity index (χ4v) is 2.86. The molecule has 0 amide bonds. The van der Waals surface area contributed by atoms with Gasteiger partial charge in [0.1, 0.15) is 0 Å². The van der Waals surface area contributed by atoms with Crippen LogP contribution in [0.15, 0.2) is 54.6 Å². The van der Waals surface area contributed by atoms with Crippen molar-refractivity contribution in [2.24, 2.45) is 5.92 Å². The minimum atomic E-state index is -0.114. The summed E-state index contributed by atoms with van der Waals surface area (Å²) in [5.74, 6) is -0.205. The molecular formula is C21H27NO2. The van der Waals surface area contributed by atoms with E-state index in [9.17, 15) is 4.79 Å². The van der Waals surface area contributed by atoms with Gasteiger partial charge in [-0.25, -0.2) is 0 Å². The van der Waals surface area contributed by atoms with Gasteiger partial charge in [-0.3, -0.25) is 4.79 Å². The molecule has 2 aromatic carbocycles. The van der Waals surface area contributed by atoms with E-state index in [0.717, 1.165) is 12.8 Å². The summed E-state index contributed by atoms with van der Waals surface area (Å²) >= 11 is 0. The van der Waals surface area contributed by atoms with E-state index < -0.39 is 0 Å². The molecule has 0 fully saturated rings. The number of hydrogen-bond acceptors (Lipinski definition) is 3. The van der Waals surface area contributed by atoms with Crippen LogP contribution in [-0.4, -0.2) is 25.7 Å². The lowest BCUT2D eigenvalue weighted by molar-refractivity contribution is -0.147. The van der Waals surface area contributed by atoms with Crippen LogP contribution in [0.1, 0.15) is 25.8 Å². The first kappa shape index (κ1) is 18.2. The molecule has 24 heavy (non-hydrogen) atoms. The minimum absolute atomic E-state index is 0.0917. The van der Waals surface area contributed by atoms with Gasteiger partial charge < -0.3 is 10.1 Å². The SMILES string of the molecule is CCOC(=O)C(C)CC(Cc1ccc(-c2ccccc2)cc1)NC. The molecule has 0 aliphatic rings. The third kappa shape index (κ3) is 5.20. The van der Waals surface area contributed by atoms with E-state index in [1.807, 2.05) is 27.0 Å². The zero-order chi connectivity index (χ0) is 17.4. The van der Waals surface area contributed by atoms with E-state index in [1.165, 1.54) is 16.7 Å². The highest BCUT2D eigenvalue weighted by atomic mass is 16.5. The van der Waals surface area contributed by atoms with Gasteiger partial charge in [0, 0.05) is 6.04 Å². The lowest BCUT2D eigenvalue weighted by atomic mass is 9.95. The van der Waals surface area contributed by atoms with Crippen LogP contribution >= 0.6 is 0 Å². The fraction of sp³-hybridized carbons (Fsp3) is 0.381. The van der Waals surface area contributed by atoms with Gasteiger partial charge in [-0.05, 0) is 43.5 Å². The number of esters is 1. The molecule has 0 aromatic heterocycles. The number of rotatable bonds is 8. The van der Waals surface area contributed by atoms with E-state index in [1.54, 1.807) is 0 Å². The number of benzene rings is 2. The van der Waals surface area contributed by atoms with Gasteiger partial charge in [-0.15, -0.1) is 0 Å². The Morgan fingerprint density at radius 3 is 2.25 bits per heavy atom. The maximum Gasteiger partial charge on any atom is 0.308 e. The quantitative estimate of drug-likeness (QED) is 0.743. The molecule has 2 rings (SSSR count). The third-order valence-corrected chi connectivity index (χ3v) is 4.28. The highest BCUT2D eigenvalue weighted by Crippen LogP contribution is 2.20. The first-order valence-corrected chi connectivity index (χ1v) is 8.62. The van der Waals surface area contributed by atoms with E-state index in [4.69, 9.17) is 4.74 Å². The maximum atomic E-state index is 11.8. The van der Waals surface area contributed by atoms with Gasteiger partial charge in [-0.1, -0.05) is 61.5 Å². The van der Waals surface area contributed by atoms with Gasteiger partial charge in [0.05, 0.1) is 12.5 Å². The predicted octanol–water partition coefficient (Wildman–Crippen LogP) is 4.07. The predicted molar refractivity (Wildman–Crippen MR) is 98.8 cm³/mol. The van der Waals surface area contributed by atoms with Crippen molar-refractivity contribution < 1.29 is 9.53 Å². The summed E-state index contributed by atoms with van der Waals surface area (Å²) in [5, 5.41) is 3.32. The second-order valence-electron chi connectivity index (χ2n) is 6.14. The highest BCUT2D eigenvalue weighted by molar-refractivity contribution is 5.72. The van der Waals surface area contributed by atoms with Gasteiger partial charge in [0.25, 0.3) is 0 Å². The molecule has 0 radical (unpaired) electrons. The summed E-state index contributed by atoms with van der Waals surface area (Å²) in [4.78, 5) is 11.8. The average Bonchev–Trinajstić information content (AvgIpc) is 2.62. The molecule has 0 spiro atoms. The summed E-state index contributed by atoms with van der Waals surface area (Å²) in [5.41, 5.74) is 3.72. The van der Waals surface area contributed by atoms with Crippen LogP contribution in [-0.2, 0) is 16.0 Å². The molecular weight excluding hydrogens is 298 g/mol. The monoisotopic (exact) mass is 325 g/mol. The Balaban J connectivity index is 1.97. The van der Waals surface area contributed by atoms with Gasteiger partial charge >= 0.3 is 5.97 Å². The van der Waals surface area contributed by atoms with Gasteiger partial charge in [0.15, 0.2) is 0 Å². The Hall–Kier alpha value is -2.13. The summed E-state index contributed by atoms with van der Waals surface area (Å²) in [7, 11) is 1.95. The molecule has 2 aromatic rings. The Bertz CT molecular complexity index is 622. The second kappa shape index (κ2) is 9.24. The van der Waals surface area contributed by atoms with E-state index in [-0.39, 0.29) is 17.9 Å². The normalized spacial score (nSPS) is 13.3. The first-order chi connectivity index (χ1) is 11.6. The van der Waals surface area contributed by atoms with Crippen LogP contribution in [0.3, 0.4) is 0 Å². The van der Waals surface area contributed by atoms with E-state index >= 15 is 0 Å². The Morgan fingerprint density at radius 1 is 1.04 bits per heavy atom. The number of carbonyl (C=O) groups is 1. The fourth-order valence-electron chi connectivity index (χ4n) is 2.86. The summed E-state index contributed by atoms with van der Waals surface area (Å²) in [6, 6.07) is 19.3. The molecule has 128 valence electrons. The molecule has 0 heterocycles. The third-order valence-electron chi connectivity index (χ3n) is 4.28. The smallest absolute Gasteiger partial charge is 0.308 e. The molecule has 2 atom stereocenters. The van der Waals surface area contributed by atoms with Crippen LogP contribution in [0.2, 0.25) is 0 Å². The van der Waals surface area contributed by atoms with Crippen LogP contribution in [0.25, 0.3) is 11.1 Å². The van der Waals surface area contributed by atoms with Crippen molar-refractivity contribution in [1.29, 1.82) is 0 Å². The van der Waals surface area contributed by atoms with Crippen molar-refractivity contribution in [3.05, 3.63) is 60.2 Å². The lowest BCUT2D eigenvalue weighted by Crippen LogP contribution is -2.32. The average molecular weight is 325 g/mol. The van der Waals surface area contributed by atoms with Crippen molar-refractivity contribution in [3.8, 4) is 11.1 Å². The van der Waals surface area contributed by atoms with Crippen LogP contribution in [0, 0.1) is 5.92 Å². The van der Waals surface area contributed by atoms with Crippen molar-refractivity contribution in [2.75, 3.05) is 13.7 Å².